The van der Waals surface area contributed by atoms with Crippen LogP contribution in [0.3, 0.4) is 0 Å². The summed E-state index contributed by atoms with van der Waals surface area (Å²) in [4.78, 5) is 24.5. The molecule has 0 aromatic carbocycles. The lowest BCUT2D eigenvalue weighted by molar-refractivity contribution is -0.143. The van der Waals surface area contributed by atoms with Crippen LogP contribution >= 0.6 is 0 Å². The van der Waals surface area contributed by atoms with Crippen LogP contribution in [0, 0.1) is 0 Å². The standard InChI is InChI=1S/C56H111NO5/c1-3-5-7-9-11-13-15-17-18-19-22-26-30-34-38-42-46-50-56(61)62-51-47-43-39-35-31-27-23-20-21-25-29-33-37-41-45-49-55(60)57-53(52-58)54(59)48-44-40-36-32-28-24-16-14-12-10-8-6-4-2/h53-54,58-59H,3-52H2,1-2H3,(H,57,60). The molecule has 0 rings (SSSR count). The summed E-state index contributed by atoms with van der Waals surface area (Å²) in [6.07, 6.45) is 59.4. The number of carbonyl (C=O) groups is 2. The highest BCUT2D eigenvalue weighted by atomic mass is 16.5. The van der Waals surface area contributed by atoms with E-state index >= 15 is 0 Å². The molecule has 6 heteroatoms. The number of aliphatic hydroxyl groups is 2. The van der Waals surface area contributed by atoms with Gasteiger partial charge >= 0.3 is 5.97 Å². The topological polar surface area (TPSA) is 95.9 Å². The van der Waals surface area contributed by atoms with Crippen molar-refractivity contribution in [1.29, 1.82) is 0 Å². The molecule has 0 aliphatic carbocycles. The maximum absolute atomic E-state index is 12.4. The Morgan fingerprint density at radius 3 is 0.984 bits per heavy atom. The zero-order chi connectivity index (χ0) is 45.1. The van der Waals surface area contributed by atoms with E-state index in [4.69, 9.17) is 4.74 Å². The Kier molecular flexibility index (Phi) is 51.5. The molecule has 3 N–H and O–H groups in total. The van der Waals surface area contributed by atoms with Gasteiger partial charge in [0.15, 0.2) is 0 Å². The Labute approximate surface area is 387 Å². The average molecular weight is 879 g/mol. The van der Waals surface area contributed by atoms with Crippen LogP contribution in [0.2, 0.25) is 0 Å². The van der Waals surface area contributed by atoms with E-state index in [0.29, 0.717) is 25.9 Å². The van der Waals surface area contributed by atoms with Gasteiger partial charge in [0.05, 0.1) is 25.4 Å². The zero-order valence-corrected chi connectivity index (χ0v) is 42.1. The molecule has 0 aliphatic rings. The molecule has 0 radical (unpaired) electrons. The number of carbonyl (C=O) groups excluding carboxylic acids is 2. The van der Waals surface area contributed by atoms with Crippen LogP contribution < -0.4 is 5.32 Å². The summed E-state index contributed by atoms with van der Waals surface area (Å²) in [7, 11) is 0. The average Bonchev–Trinajstić information content (AvgIpc) is 3.27. The maximum atomic E-state index is 12.4. The highest BCUT2D eigenvalue weighted by Crippen LogP contribution is 2.18. The van der Waals surface area contributed by atoms with Crippen LogP contribution in [0.4, 0.5) is 0 Å². The fraction of sp³-hybridized carbons (Fsp3) is 0.964. The quantitative estimate of drug-likeness (QED) is 0.0418. The summed E-state index contributed by atoms with van der Waals surface area (Å²) in [5.41, 5.74) is 0. The molecule has 0 bridgehead atoms. The molecule has 0 saturated heterocycles. The Morgan fingerprint density at radius 1 is 0.387 bits per heavy atom. The molecular formula is C56H111NO5. The van der Waals surface area contributed by atoms with Crippen LogP contribution in [-0.4, -0.2) is 47.4 Å². The van der Waals surface area contributed by atoms with Gasteiger partial charge in [-0.05, 0) is 25.7 Å². The van der Waals surface area contributed by atoms with Gasteiger partial charge in [0.1, 0.15) is 0 Å². The van der Waals surface area contributed by atoms with Crippen molar-refractivity contribution < 1.29 is 24.5 Å². The smallest absolute Gasteiger partial charge is 0.305 e. The van der Waals surface area contributed by atoms with E-state index in [9.17, 15) is 19.8 Å². The van der Waals surface area contributed by atoms with Crippen molar-refractivity contribution in [3.05, 3.63) is 0 Å². The molecule has 0 aliphatic heterocycles. The third-order valence-corrected chi connectivity index (χ3v) is 13.4. The van der Waals surface area contributed by atoms with E-state index in [1.165, 1.54) is 244 Å². The van der Waals surface area contributed by atoms with Crippen molar-refractivity contribution >= 4 is 11.9 Å². The molecule has 0 spiro atoms. The van der Waals surface area contributed by atoms with E-state index in [-0.39, 0.29) is 18.5 Å². The number of hydrogen-bond acceptors (Lipinski definition) is 5. The predicted octanol–water partition coefficient (Wildman–Crippen LogP) is 17.1. The summed E-state index contributed by atoms with van der Waals surface area (Å²) in [5.74, 6) is -0.0361. The van der Waals surface area contributed by atoms with Gasteiger partial charge in [-0.15, -0.1) is 0 Å². The molecule has 6 nitrogen and oxygen atoms in total. The van der Waals surface area contributed by atoms with Gasteiger partial charge in [-0.25, -0.2) is 0 Å². The van der Waals surface area contributed by atoms with Gasteiger partial charge in [0, 0.05) is 12.8 Å². The highest BCUT2D eigenvalue weighted by Gasteiger charge is 2.20. The summed E-state index contributed by atoms with van der Waals surface area (Å²) < 4.78 is 5.49. The molecule has 0 aromatic heterocycles. The number of unbranched alkanes of at least 4 members (excludes halogenated alkanes) is 42. The first kappa shape index (κ1) is 60.9. The summed E-state index contributed by atoms with van der Waals surface area (Å²) in [6, 6.07) is -0.545. The van der Waals surface area contributed by atoms with E-state index in [1.807, 2.05) is 0 Å². The molecule has 0 aromatic rings. The second-order valence-corrected chi connectivity index (χ2v) is 19.6. The molecule has 1 amide bonds. The van der Waals surface area contributed by atoms with Crippen molar-refractivity contribution in [1.82, 2.24) is 5.32 Å². The zero-order valence-electron chi connectivity index (χ0n) is 42.1. The van der Waals surface area contributed by atoms with E-state index < -0.39 is 12.1 Å². The van der Waals surface area contributed by atoms with Crippen LogP contribution in [0.1, 0.15) is 322 Å². The van der Waals surface area contributed by atoms with Crippen LogP contribution in [-0.2, 0) is 14.3 Å². The fourth-order valence-corrected chi connectivity index (χ4v) is 9.05. The van der Waals surface area contributed by atoms with Crippen molar-refractivity contribution in [3.8, 4) is 0 Å². The van der Waals surface area contributed by atoms with E-state index in [1.54, 1.807) is 0 Å². The molecule has 0 heterocycles. The maximum Gasteiger partial charge on any atom is 0.305 e. The van der Waals surface area contributed by atoms with Crippen molar-refractivity contribution in [2.24, 2.45) is 0 Å². The largest absolute Gasteiger partial charge is 0.466 e. The third-order valence-electron chi connectivity index (χ3n) is 13.4. The molecule has 2 unspecified atom stereocenters. The van der Waals surface area contributed by atoms with E-state index in [0.717, 1.165) is 44.9 Å². The third kappa shape index (κ3) is 48.3. The normalized spacial score (nSPS) is 12.5. The van der Waals surface area contributed by atoms with Gasteiger partial charge in [-0.1, -0.05) is 284 Å². The highest BCUT2D eigenvalue weighted by molar-refractivity contribution is 5.76. The number of aliphatic hydroxyl groups excluding tert-OH is 2. The Hall–Kier alpha value is -1.14. The molecule has 0 fully saturated rings. The SMILES string of the molecule is CCCCCCCCCCCCCCCCCCCC(=O)OCCCCCCCCCCCCCCCCCC(=O)NC(CO)C(O)CCCCCCCCCCCCCCC. The number of ether oxygens (including phenoxy) is 1. The molecule has 2 atom stereocenters. The molecular weight excluding hydrogens is 767 g/mol. The number of esters is 1. The van der Waals surface area contributed by atoms with Gasteiger partial charge < -0.3 is 20.3 Å². The monoisotopic (exact) mass is 878 g/mol. The van der Waals surface area contributed by atoms with Gasteiger partial charge in [-0.2, -0.15) is 0 Å². The van der Waals surface area contributed by atoms with E-state index in [2.05, 4.69) is 19.2 Å². The second kappa shape index (κ2) is 52.5. The second-order valence-electron chi connectivity index (χ2n) is 19.6. The molecule has 370 valence electrons. The Bertz CT molecular complexity index is 882. The minimum absolute atomic E-state index is 0.00541. The summed E-state index contributed by atoms with van der Waals surface area (Å²) >= 11 is 0. The van der Waals surface area contributed by atoms with Crippen LogP contribution in [0.15, 0.2) is 0 Å². The lowest BCUT2D eigenvalue weighted by Gasteiger charge is -2.22. The number of nitrogens with one attached hydrogen (secondary N) is 1. The predicted molar refractivity (Wildman–Crippen MR) is 269 cm³/mol. The molecule has 62 heavy (non-hydrogen) atoms. The van der Waals surface area contributed by atoms with Crippen molar-refractivity contribution in [2.45, 2.75) is 334 Å². The summed E-state index contributed by atoms with van der Waals surface area (Å²) in [6.45, 7) is 4.96. The van der Waals surface area contributed by atoms with Gasteiger partial charge in [-0.3, -0.25) is 9.59 Å². The number of hydrogen-bond donors (Lipinski definition) is 3. The van der Waals surface area contributed by atoms with Crippen molar-refractivity contribution in [2.75, 3.05) is 13.2 Å². The number of amides is 1. The lowest BCUT2D eigenvalue weighted by Crippen LogP contribution is -2.45. The number of rotatable bonds is 53. The lowest BCUT2D eigenvalue weighted by atomic mass is 10.0. The first-order chi connectivity index (χ1) is 30.5. The Morgan fingerprint density at radius 2 is 0.661 bits per heavy atom. The first-order valence-corrected chi connectivity index (χ1v) is 28.3. The minimum atomic E-state index is -0.668. The molecule has 0 saturated carbocycles. The fourth-order valence-electron chi connectivity index (χ4n) is 9.05. The van der Waals surface area contributed by atoms with Gasteiger partial charge in [0.25, 0.3) is 0 Å². The first-order valence-electron chi connectivity index (χ1n) is 28.3. The summed E-state index contributed by atoms with van der Waals surface area (Å²) in [5, 5.41) is 23.2. The van der Waals surface area contributed by atoms with Crippen LogP contribution in [0.25, 0.3) is 0 Å². The van der Waals surface area contributed by atoms with Crippen molar-refractivity contribution in [3.63, 3.8) is 0 Å². The van der Waals surface area contributed by atoms with Gasteiger partial charge in [0.2, 0.25) is 5.91 Å². The Balaban J connectivity index is 3.39. The van der Waals surface area contributed by atoms with Crippen LogP contribution in [0.5, 0.6) is 0 Å². The minimum Gasteiger partial charge on any atom is -0.466 e.